The standard InChI is InChI=1S/C19H40/c1-8-16(5)17(6)11-10-12-18(7)19(9-2)14-13-15(3)4/h15-19H,8-14H2,1-7H3. The van der Waals surface area contributed by atoms with Gasteiger partial charge in [0.05, 0.1) is 0 Å². The first-order valence-electron chi connectivity index (χ1n) is 8.92. The lowest BCUT2D eigenvalue weighted by Gasteiger charge is -2.25. The Morgan fingerprint density at radius 3 is 1.63 bits per heavy atom. The van der Waals surface area contributed by atoms with Gasteiger partial charge < -0.3 is 0 Å². The van der Waals surface area contributed by atoms with E-state index in [1.165, 1.54) is 44.9 Å². The molecule has 0 aromatic carbocycles. The third kappa shape index (κ3) is 8.71. The van der Waals surface area contributed by atoms with E-state index in [9.17, 15) is 0 Å². The van der Waals surface area contributed by atoms with E-state index < -0.39 is 0 Å². The van der Waals surface area contributed by atoms with Crippen molar-refractivity contribution >= 4 is 0 Å². The largest absolute Gasteiger partial charge is 0.0651 e. The van der Waals surface area contributed by atoms with E-state index in [1.54, 1.807) is 0 Å². The summed E-state index contributed by atoms with van der Waals surface area (Å²) < 4.78 is 0. The molecule has 0 bridgehead atoms. The third-order valence-corrected chi connectivity index (χ3v) is 5.38. The summed E-state index contributed by atoms with van der Waals surface area (Å²) in [5.41, 5.74) is 0. The van der Waals surface area contributed by atoms with Crippen LogP contribution in [0.4, 0.5) is 0 Å². The summed E-state index contributed by atoms with van der Waals surface area (Å²) in [5.74, 6) is 4.56. The second-order valence-electron chi connectivity index (χ2n) is 7.41. The molecule has 0 spiro atoms. The Morgan fingerprint density at radius 2 is 1.16 bits per heavy atom. The van der Waals surface area contributed by atoms with Gasteiger partial charge in [-0.2, -0.15) is 0 Å². The van der Waals surface area contributed by atoms with Crippen LogP contribution in [0.5, 0.6) is 0 Å². The van der Waals surface area contributed by atoms with E-state index in [2.05, 4.69) is 48.5 Å². The molecule has 0 amide bonds. The average Bonchev–Trinajstić information content (AvgIpc) is 2.37. The molecular formula is C19H40. The van der Waals surface area contributed by atoms with Gasteiger partial charge >= 0.3 is 0 Å². The molecule has 0 heteroatoms. The molecule has 0 N–H and O–H groups in total. The first kappa shape index (κ1) is 19.0. The number of hydrogen-bond donors (Lipinski definition) is 0. The summed E-state index contributed by atoms with van der Waals surface area (Å²) in [4.78, 5) is 0. The molecule has 0 rings (SSSR count). The van der Waals surface area contributed by atoms with Crippen molar-refractivity contribution in [3.8, 4) is 0 Å². The minimum Gasteiger partial charge on any atom is -0.0651 e. The number of hydrogen-bond acceptors (Lipinski definition) is 0. The summed E-state index contributed by atoms with van der Waals surface area (Å²) in [5, 5.41) is 0. The van der Waals surface area contributed by atoms with Crippen LogP contribution in [-0.2, 0) is 0 Å². The van der Waals surface area contributed by atoms with Crippen molar-refractivity contribution in [3.05, 3.63) is 0 Å². The van der Waals surface area contributed by atoms with Crippen LogP contribution in [0.2, 0.25) is 0 Å². The highest BCUT2D eigenvalue weighted by atomic mass is 14.2. The Kier molecular flexibility index (Phi) is 10.7. The molecule has 0 saturated heterocycles. The van der Waals surface area contributed by atoms with Crippen LogP contribution < -0.4 is 0 Å². The molecule has 0 nitrogen and oxygen atoms in total. The Morgan fingerprint density at radius 1 is 0.579 bits per heavy atom. The second kappa shape index (κ2) is 10.7. The smallest absolute Gasteiger partial charge is 0.0391 e. The fourth-order valence-electron chi connectivity index (χ4n) is 3.12. The topological polar surface area (TPSA) is 0 Å². The van der Waals surface area contributed by atoms with E-state index >= 15 is 0 Å². The van der Waals surface area contributed by atoms with E-state index in [4.69, 9.17) is 0 Å². The molecule has 0 aromatic rings. The molecule has 19 heavy (non-hydrogen) atoms. The highest BCUT2D eigenvalue weighted by molar-refractivity contribution is 4.68. The van der Waals surface area contributed by atoms with Gasteiger partial charge in [0, 0.05) is 0 Å². The lowest BCUT2D eigenvalue weighted by atomic mass is 9.81. The first-order valence-corrected chi connectivity index (χ1v) is 8.92. The van der Waals surface area contributed by atoms with Gasteiger partial charge in [0.1, 0.15) is 0 Å². The molecule has 0 aliphatic rings. The van der Waals surface area contributed by atoms with Crippen LogP contribution in [0.15, 0.2) is 0 Å². The van der Waals surface area contributed by atoms with Gasteiger partial charge in [-0.15, -0.1) is 0 Å². The SMILES string of the molecule is CCC(C)C(C)CCCC(C)C(CC)CCC(C)C. The molecule has 0 fully saturated rings. The lowest BCUT2D eigenvalue weighted by Crippen LogP contribution is -2.13. The fraction of sp³-hybridized carbons (Fsp3) is 1.00. The Hall–Kier alpha value is 0. The third-order valence-electron chi connectivity index (χ3n) is 5.38. The van der Waals surface area contributed by atoms with Gasteiger partial charge in [0.2, 0.25) is 0 Å². The van der Waals surface area contributed by atoms with Gasteiger partial charge in [-0.05, 0) is 36.0 Å². The van der Waals surface area contributed by atoms with Crippen LogP contribution in [0, 0.1) is 29.6 Å². The quantitative estimate of drug-likeness (QED) is 0.381. The van der Waals surface area contributed by atoms with Crippen molar-refractivity contribution in [2.24, 2.45) is 29.6 Å². The maximum atomic E-state index is 2.49. The van der Waals surface area contributed by atoms with E-state index in [0.717, 1.165) is 29.6 Å². The molecule has 0 heterocycles. The molecule has 116 valence electrons. The Bertz CT molecular complexity index is 194. The van der Waals surface area contributed by atoms with Crippen LogP contribution in [0.1, 0.15) is 93.4 Å². The Labute approximate surface area is 123 Å². The lowest BCUT2D eigenvalue weighted by molar-refractivity contribution is 0.267. The number of rotatable bonds is 11. The van der Waals surface area contributed by atoms with Gasteiger partial charge in [-0.25, -0.2) is 0 Å². The van der Waals surface area contributed by atoms with Crippen molar-refractivity contribution in [2.75, 3.05) is 0 Å². The zero-order valence-electron chi connectivity index (χ0n) is 14.8. The van der Waals surface area contributed by atoms with Gasteiger partial charge in [0.15, 0.2) is 0 Å². The second-order valence-corrected chi connectivity index (χ2v) is 7.41. The molecule has 0 saturated carbocycles. The predicted octanol–water partition coefficient (Wildman–Crippen LogP) is 6.94. The zero-order chi connectivity index (χ0) is 14.8. The predicted molar refractivity (Wildman–Crippen MR) is 89.5 cm³/mol. The monoisotopic (exact) mass is 268 g/mol. The summed E-state index contributed by atoms with van der Waals surface area (Å²) in [6.45, 7) is 16.7. The normalized spacial score (nSPS) is 18.3. The van der Waals surface area contributed by atoms with Gasteiger partial charge in [0.25, 0.3) is 0 Å². The Balaban J connectivity index is 3.90. The van der Waals surface area contributed by atoms with Crippen LogP contribution >= 0.6 is 0 Å². The highest BCUT2D eigenvalue weighted by Gasteiger charge is 2.17. The zero-order valence-corrected chi connectivity index (χ0v) is 14.8. The fourth-order valence-corrected chi connectivity index (χ4v) is 3.12. The molecule has 0 radical (unpaired) electrons. The maximum absolute atomic E-state index is 2.49. The molecule has 0 aliphatic heterocycles. The molecular weight excluding hydrogens is 228 g/mol. The molecule has 4 unspecified atom stereocenters. The van der Waals surface area contributed by atoms with E-state index in [0.29, 0.717) is 0 Å². The van der Waals surface area contributed by atoms with Crippen molar-refractivity contribution in [3.63, 3.8) is 0 Å². The van der Waals surface area contributed by atoms with Crippen molar-refractivity contribution < 1.29 is 0 Å². The van der Waals surface area contributed by atoms with Crippen molar-refractivity contribution in [2.45, 2.75) is 93.4 Å². The van der Waals surface area contributed by atoms with Crippen LogP contribution in [-0.4, -0.2) is 0 Å². The molecule has 0 aliphatic carbocycles. The summed E-state index contributed by atoms with van der Waals surface area (Å²) in [7, 11) is 0. The van der Waals surface area contributed by atoms with E-state index in [-0.39, 0.29) is 0 Å². The summed E-state index contributed by atoms with van der Waals surface area (Å²) in [6, 6.07) is 0. The van der Waals surface area contributed by atoms with E-state index in [1.807, 2.05) is 0 Å². The summed E-state index contributed by atoms with van der Waals surface area (Å²) in [6.07, 6.45) is 9.86. The van der Waals surface area contributed by atoms with Crippen LogP contribution in [0.3, 0.4) is 0 Å². The first-order chi connectivity index (χ1) is 8.92. The summed E-state index contributed by atoms with van der Waals surface area (Å²) >= 11 is 0. The molecule has 4 atom stereocenters. The molecule has 0 aromatic heterocycles. The highest BCUT2D eigenvalue weighted by Crippen LogP contribution is 2.29. The average molecular weight is 269 g/mol. The van der Waals surface area contributed by atoms with Crippen molar-refractivity contribution in [1.82, 2.24) is 0 Å². The minimum absolute atomic E-state index is 0.867. The minimum atomic E-state index is 0.867. The van der Waals surface area contributed by atoms with Crippen molar-refractivity contribution in [1.29, 1.82) is 0 Å². The maximum Gasteiger partial charge on any atom is -0.0391 e. The van der Waals surface area contributed by atoms with Gasteiger partial charge in [-0.3, -0.25) is 0 Å². The van der Waals surface area contributed by atoms with Gasteiger partial charge in [-0.1, -0.05) is 87.0 Å². The van der Waals surface area contributed by atoms with Crippen LogP contribution in [0.25, 0.3) is 0 Å².